The van der Waals surface area contributed by atoms with Crippen LogP contribution in [0.2, 0.25) is 5.02 Å². The number of halogens is 1. The van der Waals surface area contributed by atoms with Crippen LogP contribution in [0.25, 0.3) is 22.6 Å². The molecule has 4 rings (SSSR count). The summed E-state index contributed by atoms with van der Waals surface area (Å²) >= 11 is 6.21. The zero-order chi connectivity index (χ0) is 19.0. The maximum atomic E-state index is 13.0. The van der Waals surface area contributed by atoms with Gasteiger partial charge in [0.2, 0.25) is 5.65 Å². The standard InChI is InChI=1S/C21H18ClN3O2/c1-3-27-16-9-7-15(8-10-16)18-13-24-11-12-25(21(26)20(24)23-18)19-6-4-5-17(22)14(19)2/h4-13H,3H2,1-2H3. The maximum Gasteiger partial charge on any atom is 0.298 e. The lowest BCUT2D eigenvalue weighted by Gasteiger charge is -2.10. The molecule has 0 bridgehead atoms. The summed E-state index contributed by atoms with van der Waals surface area (Å²) < 4.78 is 8.79. The van der Waals surface area contributed by atoms with Crippen molar-refractivity contribution in [1.29, 1.82) is 0 Å². The van der Waals surface area contributed by atoms with Gasteiger partial charge in [-0.25, -0.2) is 4.98 Å². The second-order valence-corrected chi connectivity index (χ2v) is 6.58. The first-order valence-corrected chi connectivity index (χ1v) is 9.05. The summed E-state index contributed by atoms with van der Waals surface area (Å²) in [5, 5.41) is 0.623. The zero-order valence-corrected chi connectivity index (χ0v) is 15.8. The fraction of sp³-hybridized carbons (Fsp3) is 0.143. The Kier molecular flexibility index (Phi) is 4.46. The molecule has 0 fully saturated rings. The normalized spacial score (nSPS) is 11.1. The first-order valence-electron chi connectivity index (χ1n) is 8.67. The number of fused-ring (bicyclic) bond motifs is 1. The highest BCUT2D eigenvalue weighted by atomic mass is 35.5. The van der Waals surface area contributed by atoms with Crippen molar-refractivity contribution < 1.29 is 4.74 Å². The van der Waals surface area contributed by atoms with E-state index in [1.165, 1.54) is 0 Å². The predicted octanol–water partition coefficient (Wildman–Crippen LogP) is 4.51. The van der Waals surface area contributed by atoms with Gasteiger partial charge in [-0.15, -0.1) is 0 Å². The molecule has 2 aromatic carbocycles. The van der Waals surface area contributed by atoms with Crippen molar-refractivity contribution in [2.45, 2.75) is 13.8 Å². The number of hydrogen-bond donors (Lipinski definition) is 0. The zero-order valence-electron chi connectivity index (χ0n) is 15.0. The molecule has 0 spiro atoms. The smallest absolute Gasteiger partial charge is 0.298 e. The largest absolute Gasteiger partial charge is 0.494 e. The highest BCUT2D eigenvalue weighted by molar-refractivity contribution is 6.31. The summed E-state index contributed by atoms with van der Waals surface area (Å²) in [5.74, 6) is 0.809. The van der Waals surface area contributed by atoms with E-state index in [-0.39, 0.29) is 5.56 Å². The molecule has 5 nitrogen and oxygen atoms in total. The molecule has 2 aromatic heterocycles. The third kappa shape index (κ3) is 3.11. The summed E-state index contributed by atoms with van der Waals surface area (Å²) in [6.07, 6.45) is 5.40. The van der Waals surface area contributed by atoms with Crippen molar-refractivity contribution in [3.8, 4) is 22.7 Å². The Morgan fingerprint density at radius 1 is 1.11 bits per heavy atom. The van der Waals surface area contributed by atoms with Crippen molar-refractivity contribution in [1.82, 2.24) is 14.0 Å². The van der Waals surface area contributed by atoms with Gasteiger partial charge in [-0.1, -0.05) is 17.7 Å². The molecular weight excluding hydrogens is 362 g/mol. The minimum atomic E-state index is -0.194. The van der Waals surface area contributed by atoms with Gasteiger partial charge in [0.1, 0.15) is 5.75 Å². The molecule has 0 amide bonds. The monoisotopic (exact) mass is 379 g/mol. The number of rotatable bonds is 4. The third-order valence-electron chi connectivity index (χ3n) is 4.48. The molecule has 27 heavy (non-hydrogen) atoms. The molecule has 0 aliphatic carbocycles. The van der Waals surface area contributed by atoms with Crippen LogP contribution in [0.5, 0.6) is 5.75 Å². The summed E-state index contributed by atoms with van der Waals surface area (Å²) in [7, 11) is 0. The summed E-state index contributed by atoms with van der Waals surface area (Å²) in [6.45, 7) is 4.46. The number of hydrogen-bond acceptors (Lipinski definition) is 3. The van der Waals surface area contributed by atoms with Crippen LogP contribution in [0.4, 0.5) is 0 Å². The number of nitrogens with zero attached hydrogens (tertiary/aromatic N) is 3. The topological polar surface area (TPSA) is 48.5 Å². The summed E-state index contributed by atoms with van der Waals surface area (Å²) in [5.41, 5.74) is 3.42. The van der Waals surface area contributed by atoms with Crippen LogP contribution >= 0.6 is 11.6 Å². The number of imidazole rings is 1. The molecule has 0 aliphatic rings. The second-order valence-electron chi connectivity index (χ2n) is 6.17. The highest BCUT2D eigenvalue weighted by Crippen LogP contribution is 2.23. The van der Waals surface area contributed by atoms with Gasteiger partial charge in [0.05, 0.1) is 18.0 Å². The van der Waals surface area contributed by atoms with E-state index in [0.29, 0.717) is 17.3 Å². The SMILES string of the molecule is CCOc1ccc(-c2cn3ccn(-c4cccc(Cl)c4C)c(=O)c3n2)cc1. The van der Waals surface area contributed by atoms with Crippen LogP contribution in [0.3, 0.4) is 0 Å². The lowest BCUT2D eigenvalue weighted by molar-refractivity contribution is 0.340. The molecule has 0 aliphatic heterocycles. The molecular formula is C21H18ClN3O2. The Morgan fingerprint density at radius 2 is 1.89 bits per heavy atom. The van der Waals surface area contributed by atoms with Crippen LogP contribution in [0, 0.1) is 6.92 Å². The molecule has 0 unspecified atom stereocenters. The number of aromatic nitrogens is 3. The van der Waals surface area contributed by atoms with Crippen molar-refractivity contribution >= 4 is 17.2 Å². The fourth-order valence-corrected chi connectivity index (χ4v) is 3.22. The highest BCUT2D eigenvalue weighted by Gasteiger charge is 2.12. The number of ether oxygens (including phenoxy) is 1. The lowest BCUT2D eigenvalue weighted by atomic mass is 10.2. The first-order chi connectivity index (χ1) is 13.1. The number of benzene rings is 2. The van der Waals surface area contributed by atoms with Crippen molar-refractivity contribution in [3.05, 3.63) is 82.0 Å². The van der Waals surface area contributed by atoms with Crippen LogP contribution in [-0.4, -0.2) is 20.6 Å². The van der Waals surface area contributed by atoms with E-state index in [2.05, 4.69) is 4.98 Å². The maximum absolute atomic E-state index is 13.0. The molecule has 0 saturated carbocycles. The van der Waals surface area contributed by atoms with Gasteiger partial charge in [-0.2, -0.15) is 0 Å². The van der Waals surface area contributed by atoms with Crippen LogP contribution in [0.1, 0.15) is 12.5 Å². The second kappa shape index (κ2) is 6.93. The van der Waals surface area contributed by atoms with Gasteiger partial charge in [-0.05, 0) is 55.8 Å². The lowest BCUT2D eigenvalue weighted by Crippen LogP contribution is -2.20. The van der Waals surface area contributed by atoms with Gasteiger partial charge in [0, 0.05) is 29.2 Å². The molecule has 0 N–H and O–H groups in total. The fourth-order valence-electron chi connectivity index (χ4n) is 3.05. The van der Waals surface area contributed by atoms with Gasteiger partial charge in [0.25, 0.3) is 5.56 Å². The van der Waals surface area contributed by atoms with E-state index < -0.39 is 0 Å². The van der Waals surface area contributed by atoms with E-state index in [1.54, 1.807) is 15.2 Å². The Bertz CT molecular complexity index is 1180. The van der Waals surface area contributed by atoms with E-state index in [9.17, 15) is 4.79 Å². The van der Waals surface area contributed by atoms with Gasteiger partial charge < -0.3 is 9.14 Å². The molecule has 6 heteroatoms. The third-order valence-corrected chi connectivity index (χ3v) is 4.89. The summed E-state index contributed by atoms with van der Waals surface area (Å²) in [6, 6.07) is 13.2. The quantitative estimate of drug-likeness (QED) is 0.524. The molecule has 136 valence electrons. The van der Waals surface area contributed by atoms with E-state index >= 15 is 0 Å². The predicted molar refractivity (Wildman–Crippen MR) is 107 cm³/mol. The van der Waals surface area contributed by atoms with Crippen molar-refractivity contribution in [2.24, 2.45) is 0 Å². The average molecular weight is 380 g/mol. The molecule has 0 radical (unpaired) electrons. The van der Waals surface area contributed by atoms with E-state index in [0.717, 1.165) is 28.3 Å². The van der Waals surface area contributed by atoms with Crippen LogP contribution in [-0.2, 0) is 0 Å². The molecule has 0 atom stereocenters. The van der Waals surface area contributed by atoms with Gasteiger partial charge in [-0.3, -0.25) is 9.36 Å². The first kappa shape index (κ1) is 17.4. The average Bonchev–Trinajstić information content (AvgIpc) is 3.11. The van der Waals surface area contributed by atoms with Crippen molar-refractivity contribution in [2.75, 3.05) is 6.61 Å². The Hall–Kier alpha value is -3.05. The molecule has 2 heterocycles. The van der Waals surface area contributed by atoms with E-state index in [1.807, 2.05) is 68.7 Å². The Balaban J connectivity index is 1.80. The van der Waals surface area contributed by atoms with Gasteiger partial charge >= 0.3 is 0 Å². The Labute approximate surface area is 161 Å². The van der Waals surface area contributed by atoms with Crippen molar-refractivity contribution in [3.63, 3.8) is 0 Å². The minimum Gasteiger partial charge on any atom is -0.494 e. The van der Waals surface area contributed by atoms with E-state index in [4.69, 9.17) is 16.3 Å². The Morgan fingerprint density at radius 3 is 2.63 bits per heavy atom. The van der Waals surface area contributed by atoms with Gasteiger partial charge in [0.15, 0.2) is 0 Å². The minimum absolute atomic E-state index is 0.194. The molecule has 0 saturated heterocycles. The van der Waals surface area contributed by atoms with Crippen LogP contribution < -0.4 is 10.3 Å². The molecule has 4 aromatic rings. The van der Waals surface area contributed by atoms with Crippen LogP contribution in [0.15, 0.2) is 65.8 Å². The summed E-state index contributed by atoms with van der Waals surface area (Å²) in [4.78, 5) is 17.5.